The minimum Gasteiger partial charge on any atom is -0.479 e. The van der Waals surface area contributed by atoms with Crippen LogP contribution >= 0.6 is 0 Å². The molecular weight excluding hydrogens is 400 g/mol. The molecule has 1 atom stereocenters. The Balaban J connectivity index is 1.36. The first kappa shape index (κ1) is 22.3. The van der Waals surface area contributed by atoms with Crippen LogP contribution in [0, 0.1) is 0 Å². The van der Waals surface area contributed by atoms with Crippen molar-refractivity contribution in [2.75, 3.05) is 13.2 Å². The summed E-state index contributed by atoms with van der Waals surface area (Å²) in [5.41, 5.74) is 6.76. The summed E-state index contributed by atoms with van der Waals surface area (Å²) in [5.74, 6) is -1.56. The first-order valence-corrected chi connectivity index (χ1v) is 10.2. The summed E-state index contributed by atoms with van der Waals surface area (Å²) in [6.07, 6.45) is -0.352. The number of unbranched alkanes of at least 4 members (excludes halogenated alkanes) is 1. The molecule has 1 aliphatic rings. The average molecular weight is 426 g/mol. The summed E-state index contributed by atoms with van der Waals surface area (Å²) < 4.78 is 5.45. The first-order valence-electron chi connectivity index (χ1n) is 10.2. The van der Waals surface area contributed by atoms with Crippen LogP contribution in [0.5, 0.6) is 0 Å². The van der Waals surface area contributed by atoms with Crippen molar-refractivity contribution in [2.45, 2.75) is 38.2 Å². The van der Waals surface area contributed by atoms with Gasteiger partial charge in [0, 0.05) is 18.9 Å². The van der Waals surface area contributed by atoms with E-state index in [1.165, 1.54) is 18.1 Å². The van der Waals surface area contributed by atoms with Crippen molar-refractivity contribution in [1.29, 1.82) is 0 Å². The van der Waals surface area contributed by atoms with E-state index in [-0.39, 0.29) is 18.9 Å². The third-order valence-electron chi connectivity index (χ3n) is 5.14. The van der Waals surface area contributed by atoms with Crippen LogP contribution in [0.1, 0.15) is 43.2 Å². The lowest BCUT2D eigenvalue weighted by molar-refractivity contribution is -0.158. The number of carbonyl (C=O) groups excluding carboxylic acids is 2. The number of aliphatic carboxylic acids is 1. The van der Waals surface area contributed by atoms with Gasteiger partial charge in [-0.3, -0.25) is 9.63 Å². The third-order valence-corrected chi connectivity index (χ3v) is 5.14. The number of carboxylic acids is 1. The van der Waals surface area contributed by atoms with Crippen LogP contribution in [-0.4, -0.2) is 42.3 Å². The Bertz CT molecular complexity index is 900. The van der Waals surface area contributed by atoms with Crippen molar-refractivity contribution in [3.8, 4) is 11.1 Å². The SMILES string of the molecule is CC(ONC(=O)CCCCNC(=O)OCC1c2ccccc2-c2ccccc21)C(=O)O. The number of rotatable bonds is 10. The van der Waals surface area contributed by atoms with Gasteiger partial charge in [0.05, 0.1) is 0 Å². The summed E-state index contributed by atoms with van der Waals surface area (Å²) in [4.78, 5) is 39.0. The third kappa shape index (κ3) is 5.82. The number of hydroxylamine groups is 1. The average Bonchev–Trinajstić information content (AvgIpc) is 3.09. The lowest BCUT2D eigenvalue weighted by atomic mass is 9.98. The molecule has 0 saturated heterocycles. The monoisotopic (exact) mass is 426 g/mol. The van der Waals surface area contributed by atoms with E-state index in [4.69, 9.17) is 14.7 Å². The van der Waals surface area contributed by atoms with Crippen LogP contribution in [0.3, 0.4) is 0 Å². The largest absolute Gasteiger partial charge is 0.479 e. The summed E-state index contributed by atoms with van der Waals surface area (Å²) in [5, 5.41) is 11.4. The minimum absolute atomic E-state index is 0.00930. The minimum atomic E-state index is -1.16. The molecule has 164 valence electrons. The summed E-state index contributed by atoms with van der Waals surface area (Å²) in [6.45, 7) is 1.94. The van der Waals surface area contributed by atoms with Gasteiger partial charge < -0.3 is 15.2 Å². The number of hydrogen-bond donors (Lipinski definition) is 3. The van der Waals surface area contributed by atoms with Crippen molar-refractivity contribution < 1.29 is 29.1 Å². The van der Waals surface area contributed by atoms with E-state index in [9.17, 15) is 14.4 Å². The Morgan fingerprint density at radius 2 is 1.61 bits per heavy atom. The molecule has 1 unspecified atom stereocenters. The fourth-order valence-electron chi connectivity index (χ4n) is 3.51. The molecule has 0 aromatic heterocycles. The topological polar surface area (TPSA) is 114 Å². The fraction of sp³-hybridized carbons (Fsp3) is 0.348. The Labute approximate surface area is 180 Å². The smallest absolute Gasteiger partial charge is 0.407 e. The zero-order valence-electron chi connectivity index (χ0n) is 17.3. The Morgan fingerprint density at radius 3 is 2.23 bits per heavy atom. The molecule has 8 heteroatoms. The molecule has 0 spiro atoms. The van der Waals surface area contributed by atoms with E-state index in [1.54, 1.807) is 0 Å². The van der Waals surface area contributed by atoms with Crippen LogP contribution in [-0.2, 0) is 19.2 Å². The predicted molar refractivity (Wildman–Crippen MR) is 113 cm³/mol. The number of nitrogens with one attached hydrogen (secondary N) is 2. The summed E-state index contributed by atoms with van der Waals surface area (Å²) in [6, 6.07) is 16.3. The fourth-order valence-corrected chi connectivity index (χ4v) is 3.51. The van der Waals surface area contributed by atoms with Crippen molar-refractivity contribution in [3.05, 3.63) is 59.7 Å². The molecule has 0 fully saturated rings. The molecule has 2 amide bonds. The van der Waals surface area contributed by atoms with Gasteiger partial charge in [-0.2, -0.15) is 0 Å². The predicted octanol–water partition coefficient (Wildman–Crippen LogP) is 3.22. The highest BCUT2D eigenvalue weighted by molar-refractivity contribution is 5.79. The normalized spacial score (nSPS) is 13.1. The number of benzene rings is 2. The molecule has 0 bridgehead atoms. The number of ether oxygens (including phenoxy) is 1. The maximum absolute atomic E-state index is 12.1. The zero-order chi connectivity index (χ0) is 22.2. The number of fused-ring (bicyclic) bond motifs is 3. The van der Waals surface area contributed by atoms with Gasteiger partial charge >= 0.3 is 12.1 Å². The van der Waals surface area contributed by atoms with E-state index in [1.807, 2.05) is 24.3 Å². The highest BCUT2D eigenvalue weighted by Crippen LogP contribution is 2.44. The van der Waals surface area contributed by atoms with Crippen LogP contribution in [0.2, 0.25) is 0 Å². The van der Waals surface area contributed by atoms with Gasteiger partial charge in [-0.1, -0.05) is 48.5 Å². The molecular formula is C23H26N2O6. The molecule has 31 heavy (non-hydrogen) atoms. The molecule has 3 N–H and O–H groups in total. The standard InChI is InChI=1S/C23H26N2O6/c1-15(22(27)28)31-25-21(26)12-6-7-13-24-23(29)30-14-20-18-10-4-2-8-16(18)17-9-3-5-11-19(17)20/h2-5,8-11,15,20H,6-7,12-14H2,1H3,(H,24,29)(H,25,26)(H,27,28). The molecule has 2 aromatic rings. The Morgan fingerprint density at radius 1 is 1.00 bits per heavy atom. The molecule has 0 heterocycles. The van der Waals surface area contributed by atoms with Crippen LogP contribution in [0.15, 0.2) is 48.5 Å². The van der Waals surface area contributed by atoms with Gasteiger partial charge in [-0.15, -0.1) is 0 Å². The number of amides is 2. The second kappa shape index (κ2) is 10.6. The quantitative estimate of drug-likeness (QED) is 0.397. The first-order chi connectivity index (χ1) is 15.0. The molecule has 2 aromatic carbocycles. The number of carbonyl (C=O) groups is 3. The van der Waals surface area contributed by atoms with E-state index < -0.39 is 24.1 Å². The van der Waals surface area contributed by atoms with Gasteiger partial charge in [-0.25, -0.2) is 15.1 Å². The van der Waals surface area contributed by atoms with Crippen molar-refractivity contribution >= 4 is 18.0 Å². The molecule has 0 saturated carbocycles. The lowest BCUT2D eigenvalue weighted by Gasteiger charge is -2.14. The molecule has 1 aliphatic carbocycles. The van der Waals surface area contributed by atoms with Gasteiger partial charge in [0.2, 0.25) is 5.91 Å². The second-order valence-electron chi connectivity index (χ2n) is 7.33. The Kier molecular flexibility index (Phi) is 7.61. The maximum Gasteiger partial charge on any atom is 0.407 e. The van der Waals surface area contributed by atoms with Crippen LogP contribution < -0.4 is 10.8 Å². The summed E-state index contributed by atoms with van der Waals surface area (Å²) >= 11 is 0. The van der Waals surface area contributed by atoms with Crippen molar-refractivity contribution in [3.63, 3.8) is 0 Å². The molecule has 3 rings (SSSR count). The van der Waals surface area contributed by atoms with Crippen LogP contribution in [0.4, 0.5) is 4.79 Å². The van der Waals surface area contributed by atoms with Gasteiger partial charge in [0.1, 0.15) is 6.61 Å². The zero-order valence-corrected chi connectivity index (χ0v) is 17.3. The number of alkyl carbamates (subject to hydrolysis) is 1. The van der Waals surface area contributed by atoms with Gasteiger partial charge in [0.15, 0.2) is 6.10 Å². The van der Waals surface area contributed by atoms with E-state index in [0.29, 0.717) is 19.4 Å². The van der Waals surface area contributed by atoms with E-state index in [2.05, 4.69) is 35.1 Å². The molecule has 0 radical (unpaired) electrons. The van der Waals surface area contributed by atoms with E-state index >= 15 is 0 Å². The highest BCUT2D eigenvalue weighted by atomic mass is 16.7. The summed E-state index contributed by atoms with van der Waals surface area (Å²) in [7, 11) is 0. The number of hydrogen-bond acceptors (Lipinski definition) is 5. The van der Waals surface area contributed by atoms with Crippen molar-refractivity contribution in [2.24, 2.45) is 0 Å². The Hall–Kier alpha value is -3.39. The van der Waals surface area contributed by atoms with Gasteiger partial charge in [-0.05, 0) is 42.0 Å². The van der Waals surface area contributed by atoms with Gasteiger partial charge in [0.25, 0.3) is 0 Å². The van der Waals surface area contributed by atoms with Crippen molar-refractivity contribution in [1.82, 2.24) is 10.8 Å². The molecule has 0 aliphatic heterocycles. The second-order valence-corrected chi connectivity index (χ2v) is 7.33. The maximum atomic E-state index is 12.1. The highest BCUT2D eigenvalue weighted by Gasteiger charge is 2.28. The number of carboxylic acid groups (broad SMARTS) is 1. The van der Waals surface area contributed by atoms with Crippen LogP contribution in [0.25, 0.3) is 11.1 Å². The molecule has 8 nitrogen and oxygen atoms in total. The lowest BCUT2D eigenvalue weighted by Crippen LogP contribution is -2.32. The van der Waals surface area contributed by atoms with E-state index in [0.717, 1.165) is 11.1 Å².